The molecule has 3 atom stereocenters. The van der Waals surface area contributed by atoms with E-state index in [0.717, 1.165) is 6.42 Å². The van der Waals surface area contributed by atoms with Crippen LogP contribution in [0.4, 0.5) is 0 Å². The number of allylic oxidation sites excluding steroid dienone is 2. The van der Waals surface area contributed by atoms with Crippen LogP contribution in [0.5, 0.6) is 0 Å². The molecule has 2 aliphatic carbocycles. The monoisotopic (exact) mass is 122 g/mol. The zero-order valence-electron chi connectivity index (χ0n) is 5.50. The van der Waals surface area contributed by atoms with Gasteiger partial charge in [-0.1, -0.05) is 19.1 Å². The van der Waals surface area contributed by atoms with E-state index < -0.39 is 0 Å². The molecule has 0 aromatic carbocycles. The van der Waals surface area contributed by atoms with E-state index in [1.807, 2.05) is 6.92 Å². The second kappa shape index (κ2) is 1.47. The first kappa shape index (κ1) is 5.21. The summed E-state index contributed by atoms with van der Waals surface area (Å²) in [5.41, 5.74) is 0. The highest BCUT2D eigenvalue weighted by molar-refractivity contribution is 5.91. The second-order valence-corrected chi connectivity index (χ2v) is 3.04. The molecule has 0 saturated heterocycles. The summed E-state index contributed by atoms with van der Waals surface area (Å²) in [4.78, 5) is 11.0. The highest BCUT2D eigenvalue weighted by Gasteiger charge is 2.46. The van der Waals surface area contributed by atoms with Crippen LogP contribution in [0, 0.1) is 17.8 Å². The fraction of sp³-hybridized carbons (Fsp3) is 0.625. The van der Waals surface area contributed by atoms with Crippen LogP contribution in [0.25, 0.3) is 0 Å². The van der Waals surface area contributed by atoms with Gasteiger partial charge in [-0.25, -0.2) is 0 Å². The van der Waals surface area contributed by atoms with E-state index in [1.54, 1.807) is 0 Å². The summed E-state index contributed by atoms with van der Waals surface area (Å²) in [6.45, 7) is 2.03. The number of Topliss-reactive ketones (excluding diaryl/α,β-unsaturated/α-hetero) is 1. The van der Waals surface area contributed by atoms with Gasteiger partial charge in [-0.05, 0) is 12.3 Å². The molecule has 0 aliphatic heterocycles. The van der Waals surface area contributed by atoms with E-state index in [2.05, 4.69) is 12.2 Å². The number of fused-ring (bicyclic) bond motifs is 1. The Bertz CT molecular complexity index is 181. The fourth-order valence-corrected chi connectivity index (χ4v) is 1.90. The molecule has 1 nitrogen and oxygen atoms in total. The highest BCUT2D eigenvalue weighted by Crippen LogP contribution is 2.43. The van der Waals surface area contributed by atoms with Crippen molar-refractivity contribution >= 4 is 5.78 Å². The van der Waals surface area contributed by atoms with Crippen LogP contribution in [0.3, 0.4) is 0 Å². The van der Waals surface area contributed by atoms with Gasteiger partial charge in [0.2, 0.25) is 0 Å². The molecular weight excluding hydrogens is 112 g/mol. The number of carbonyl (C=O) groups excluding carboxylic acids is 1. The van der Waals surface area contributed by atoms with Crippen molar-refractivity contribution in [3.05, 3.63) is 12.2 Å². The molecule has 1 unspecified atom stereocenters. The number of ketones is 1. The van der Waals surface area contributed by atoms with Crippen molar-refractivity contribution in [3.8, 4) is 0 Å². The predicted octanol–water partition coefficient (Wildman–Crippen LogP) is 1.40. The van der Waals surface area contributed by atoms with Crippen molar-refractivity contribution in [2.45, 2.75) is 13.3 Å². The third kappa shape index (κ3) is 0.473. The summed E-state index contributed by atoms with van der Waals surface area (Å²) in [5, 5.41) is 0. The van der Waals surface area contributed by atoms with Crippen LogP contribution < -0.4 is 0 Å². The standard InChI is InChI=1S/C8H10O/c1-5-6-3-2-4-7(6)8(5)9/h2-3,5-7H,4H2,1H3/t5?,6-,7-/m1/s1. The van der Waals surface area contributed by atoms with Crippen LogP contribution in [-0.4, -0.2) is 5.78 Å². The SMILES string of the molecule is CC1C(=O)[C@@H]2CC=C[C@H]12. The summed E-state index contributed by atoms with van der Waals surface area (Å²) in [5.74, 6) is 1.80. The highest BCUT2D eigenvalue weighted by atomic mass is 16.1. The normalized spacial score (nSPS) is 46.8. The molecule has 1 heteroatoms. The van der Waals surface area contributed by atoms with Gasteiger partial charge in [0.05, 0.1) is 0 Å². The van der Waals surface area contributed by atoms with Gasteiger partial charge >= 0.3 is 0 Å². The quantitative estimate of drug-likeness (QED) is 0.444. The number of hydrogen-bond acceptors (Lipinski definition) is 1. The van der Waals surface area contributed by atoms with E-state index >= 15 is 0 Å². The fourth-order valence-electron chi connectivity index (χ4n) is 1.90. The Balaban J connectivity index is 2.21. The molecule has 2 rings (SSSR count). The van der Waals surface area contributed by atoms with Crippen LogP contribution >= 0.6 is 0 Å². The smallest absolute Gasteiger partial charge is 0.140 e. The van der Waals surface area contributed by atoms with E-state index in [4.69, 9.17) is 0 Å². The first-order valence-electron chi connectivity index (χ1n) is 3.51. The van der Waals surface area contributed by atoms with Crippen molar-refractivity contribution in [1.82, 2.24) is 0 Å². The Morgan fingerprint density at radius 2 is 2.44 bits per heavy atom. The predicted molar refractivity (Wildman–Crippen MR) is 34.9 cm³/mol. The molecular formula is C8H10O. The third-order valence-corrected chi connectivity index (χ3v) is 2.60. The molecule has 9 heavy (non-hydrogen) atoms. The van der Waals surface area contributed by atoms with E-state index in [1.165, 1.54) is 0 Å². The molecule has 48 valence electrons. The lowest BCUT2D eigenvalue weighted by Gasteiger charge is -2.35. The van der Waals surface area contributed by atoms with Gasteiger partial charge in [0.1, 0.15) is 5.78 Å². The summed E-state index contributed by atoms with van der Waals surface area (Å²) in [6.07, 6.45) is 5.33. The van der Waals surface area contributed by atoms with Crippen molar-refractivity contribution in [1.29, 1.82) is 0 Å². The lowest BCUT2D eigenvalue weighted by atomic mass is 9.66. The van der Waals surface area contributed by atoms with Gasteiger partial charge in [-0.15, -0.1) is 0 Å². The van der Waals surface area contributed by atoms with Crippen molar-refractivity contribution in [2.75, 3.05) is 0 Å². The molecule has 1 saturated carbocycles. The van der Waals surface area contributed by atoms with E-state index in [-0.39, 0.29) is 0 Å². The molecule has 0 heterocycles. The molecule has 2 aliphatic rings. The summed E-state index contributed by atoms with van der Waals surface area (Å²) >= 11 is 0. The number of rotatable bonds is 0. The van der Waals surface area contributed by atoms with Gasteiger partial charge < -0.3 is 0 Å². The first-order valence-corrected chi connectivity index (χ1v) is 3.51. The van der Waals surface area contributed by atoms with Crippen LogP contribution in [0.15, 0.2) is 12.2 Å². The van der Waals surface area contributed by atoms with Gasteiger partial charge in [0, 0.05) is 11.8 Å². The Morgan fingerprint density at radius 3 is 3.11 bits per heavy atom. The number of hydrogen-bond donors (Lipinski definition) is 0. The van der Waals surface area contributed by atoms with Gasteiger partial charge in [-0.3, -0.25) is 4.79 Å². The van der Waals surface area contributed by atoms with Crippen LogP contribution in [0.1, 0.15) is 13.3 Å². The largest absolute Gasteiger partial charge is 0.299 e. The van der Waals surface area contributed by atoms with Gasteiger partial charge in [-0.2, -0.15) is 0 Å². The minimum Gasteiger partial charge on any atom is -0.299 e. The molecule has 0 amide bonds. The Morgan fingerprint density at radius 1 is 1.67 bits per heavy atom. The summed E-state index contributed by atoms with van der Waals surface area (Å²) in [7, 11) is 0. The minimum atomic E-state index is 0.328. The van der Waals surface area contributed by atoms with Gasteiger partial charge in [0.15, 0.2) is 0 Å². The zero-order chi connectivity index (χ0) is 6.43. The molecule has 1 fully saturated rings. The Hall–Kier alpha value is -0.590. The van der Waals surface area contributed by atoms with Gasteiger partial charge in [0.25, 0.3) is 0 Å². The minimum absolute atomic E-state index is 0.328. The average Bonchev–Trinajstić information content (AvgIpc) is 2.30. The molecule has 0 N–H and O–H groups in total. The lowest BCUT2D eigenvalue weighted by molar-refractivity contribution is -0.138. The van der Waals surface area contributed by atoms with E-state index in [0.29, 0.717) is 23.5 Å². The summed E-state index contributed by atoms with van der Waals surface area (Å²) < 4.78 is 0. The third-order valence-electron chi connectivity index (χ3n) is 2.60. The van der Waals surface area contributed by atoms with Crippen molar-refractivity contribution < 1.29 is 4.79 Å². The first-order chi connectivity index (χ1) is 4.30. The zero-order valence-corrected chi connectivity index (χ0v) is 5.50. The maximum absolute atomic E-state index is 11.0. The van der Waals surface area contributed by atoms with E-state index in [9.17, 15) is 4.79 Å². The Kier molecular flexibility index (Phi) is 0.850. The van der Waals surface area contributed by atoms with Crippen molar-refractivity contribution in [2.24, 2.45) is 17.8 Å². The van der Waals surface area contributed by atoms with Crippen LogP contribution in [0.2, 0.25) is 0 Å². The maximum Gasteiger partial charge on any atom is 0.140 e. The topological polar surface area (TPSA) is 17.1 Å². The molecule has 0 bridgehead atoms. The number of carbonyl (C=O) groups is 1. The summed E-state index contributed by atoms with van der Waals surface area (Å²) in [6, 6.07) is 0. The maximum atomic E-state index is 11.0. The lowest BCUT2D eigenvalue weighted by Crippen LogP contribution is -2.42. The van der Waals surface area contributed by atoms with Crippen LogP contribution in [-0.2, 0) is 4.79 Å². The average molecular weight is 122 g/mol. The second-order valence-electron chi connectivity index (χ2n) is 3.04. The van der Waals surface area contributed by atoms with Crippen molar-refractivity contribution in [3.63, 3.8) is 0 Å². The molecule has 0 radical (unpaired) electrons. The Labute approximate surface area is 54.8 Å². The molecule has 0 aromatic heterocycles. The molecule has 0 spiro atoms. The molecule has 0 aromatic rings.